The minimum Gasteiger partial charge on any atom is -0.493 e. The third-order valence-corrected chi connectivity index (χ3v) is 6.42. The van der Waals surface area contributed by atoms with Gasteiger partial charge in [-0.15, -0.1) is 0 Å². The van der Waals surface area contributed by atoms with Gasteiger partial charge in [0, 0.05) is 5.02 Å². The van der Waals surface area contributed by atoms with Crippen molar-refractivity contribution in [3.8, 4) is 17.6 Å². The number of benzene rings is 3. The summed E-state index contributed by atoms with van der Waals surface area (Å²) in [4.78, 5) is -0.287. The quantitative estimate of drug-likeness (QED) is 0.437. The lowest BCUT2D eigenvalue weighted by molar-refractivity contribution is 0.284. The summed E-state index contributed by atoms with van der Waals surface area (Å²) in [5.74, 6) is 0.903. The number of aryl methyl sites for hydroxylation is 1. The first-order chi connectivity index (χ1) is 14.8. The zero-order valence-corrected chi connectivity index (χ0v) is 18.6. The molecule has 0 aliphatic rings. The molecule has 0 aliphatic carbocycles. The maximum Gasteiger partial charge on any atom is 0.216 e. The van der Waals surface area contributed by atoms with E-state index in [1.54, 1.807) is 48.5 Å². The van der Waals surface area contributed by atoms with Crippen LogP contribution in [0.1, 0.15) is 16.7 Å². The van der Waals surface area contributed by atoms with Gasteiger partial charge in [-0.3, -0.25) is 0 Å². The summed E-state index contributed by atoms with van der Waals surface area (Å²) in [7, 11) is -2.44. The Morgan fingerprint density at radius 1 is 1.06 bits per heavy atom. The van der Waals surface area contributed by atoms with E-state index in [0.29, 0.717) is 22.1 Å². The average molecular weight is 454 g/mol. The molecule has 31 heavy (non-hydrogen) atoms. The van der Waals surface area contributed by atoms with Gasteiger partial charge in [0.15, 0.2) is 11.5 Å². The Hall–Kier alpha value is -3.27. The van der Waals surface area contributed by atoms with Crippen LogP contribution in [-0.4, -0.2) is 15.5 Å². The molecule has 0 radical (unpaired) electrons. The number of ether oxygens (including phenoxy) is 2. The Kier molecular flexibility index (Phi) is 7.01. The molecule has 3 aromatic carbocycles. The van der Waals surface area contributed by atoms with Crippen LogP contribution in [0.3, 0.4) is 0 Å². The van der Waals surface area contributed by atoms with Crippen molar-refractivity contribution in [2.45, 2.75) is 18.4 Å². The van der Waals surface area contributed by atoms with Crippen molar-refractivity contribution in [3.63, 3.8) is 0 Å². The Balaban J connectivity index is 1.87. The number of halogens is 1. The van der Waals surface area contributed by atoms with Gasteiger partial charge in [0.25, 0.3) is 0 Å². The van der Waals surface area contributed by atoms with Crippen LogP contribution in [0.4, 0.5) is 0 Å². The highest BCUT2D eigenvalue weighted by Crippen LogP contribution is 2.31. The molecule has 0 N–H and O–H groups in total. The predicted molar refractivity (Wildman–Crippen MR) is 121 cm³/mol. The molecule has 0 amide bonds. The molecule has 0 heterocycles. The number of nitriles is 1. The van der Waals surface area contributed by atoms with Gasteiger partial charge in [-0.2, -0.15) is 5.26 Å². The van der Waals surface area contributed by atoms with Crippen molar-refractivity contribution in [1.29, 1.82) is 5.26 Å². The van der Waals surface area contributed by atoms with Crippen LogP contribution >= 0.6 is 11.6 Å². The van der Waals surface area contributed by atoms with E-state index in [9.17, 15) is 13.7 Å². The van der Waals surface area contributed by atoms with Gasteiger partial charge in [-0.05, 0) is 60.5 Å². The van der Waals surface area contributed by atoms with Gasteiger partial charge < -0.3 is 9.47 Å². The Morgan fingerprint density at radius 2 is 1.81 bits per heavy atom. The fourth-order valence-corrected chi connectivity index (χ4v) is 4.22. The monoisotopic (exact) mass is 453 g/mol. The Morgan fingerprint density at radius 3 is 2.45 bits per heavy atom. The predicted octanol–water partition coefficient (Wildman–Crippen LogP) is 5.57. The van der Waals surface area contributed by atoms with Crippen LogP contribution < -0.4 is 9.47 Å². The summed E-state index contributed by atoms with van der Waals surface area (Å²) >= 11 is 5.99. The van der Waals surface area contributed by atoms with E-state index >= 15 is 0 Å². The molecular weight excluding hydrogens is 434 g/mol. The zero-order valence-electron chi connectivity index (χ0n) is 17.0. The largest absolute Gasteiger partial charge is 0.493 e. The summed E-state index contributed by atoms with van der Waals surface area (Å²) in [6, 6.07) is 20.4. The highest BCUT2D eigenvalue weighted by molar-refractivity contribution is 7.95. The molecule has 0 aliphatic heterocycles. The van der Waals surface area contributed by atoms with Crippen molar-refractivity contribution in [1.82, 2.24) is 0 Å². The van der Waals surface area contributed by atoms with Crippen molar-refractivity contribution in [3.05, 3.63) is 93.3 Å². The molecule has 0 saturated carbocycles. The van der Waals surface area contributed by atoms with Crippen molar-refractivity contribution in [2.24, 2.45) is 0 Å². The van der Waals surface area contributed by atoms with Crippen LogP contribution in [0.25, 0.3) is 6.08 Å². The summed E-state index contributed by atoms with van der Waals surface area (Å²) in [6.07, 6.45) is 1.32. The molecule has 7 heteroatoms. The number of allylic oxidation sites excluding steroid dienone is 1. The molecule has 158 valence electrons. The second-order valence-electron chi connectivity index (χ2n) is 6.77. The molecule has 0 atom stereocenters. The van der Waals surface area contributed by atoms with E-state index in [2.05, 4.69) is 0 Å². The first-order valence-corrected chi connectivity index (χ1v) is 11.2. The molecule has 3 rings (SSSR count). The van der Waals surface area contributed by atoms with Gasteiger partial charge in [0.1, 0.15) is 17.6 Å². The number of hydrogen-bond donors (Lipinski definition) is 0. The number of hydrogen-bond acceptors (Lipinski definition) is 5. The maximum atomic E-state index is 12.8. The standard InChI is InChI=1S/C24H20ClNO4S/c1-17-6-9-21(10-7-17)31(27,28)22(15-26)13-18-8-11-23(24(14-18)29-2)30-16-19-4-3-5-20(25)12-19/h3-14H,16H2,1-2H3. The summed E-state index contributed by atoms with van der Waals surface area (Å²) < 4.78 is 36.9. The zero-order chi connectivity index (χ0) is 22.4. The molecule has 0 fully saturated rings. The Bertz CT molecular complexity index is 1260. The minimum atomic E-state index is -3.93. The second-order valence-corrected chi connectivity index (χ2v) is 9.12. The molecule has 5 nitrogen and oxygen atoms in total. The molecule has 0 unspecified atom stereocenters. The van der Waals surface area contributed by atoms with Crippen molar-refractivity contribution >= 4 is 27.5 Å². The topological polar surface area (TPSA) is 76.4 Å². The van der Waals surface area contributed by atoms with E-state index in [4.69, 9.17) is 21.1 Å². The number of sulfone groups is 1. The van der Waals surface area contributed by atoms with Crippen LogP contribution in [-0.2, 0) is 16.4 Å². The maximum absolute atomic E-state index is 12.8. The van der Waals surface area contributed by atoms with Gasteiger partial charge >= 0.3 is 0 Å². The fraction of sp³-hybridized carbons (Fsp3) is 0.125. The van der Waals surface area contributed by atoms with Crippen molar-refractivity contribution in [2.75, 3.05) is 7.11 Å². The highest BCUT2D eigenvalue weighted by atomic mass is 35.5. The van der Waals surface area contributed by atoms with Crippen molar-refractivity contribution < 1.29 is 17.9 Å². The van der Waals surface area contributed by atoms with Crippen LogP contribution in [0.5, 0.6) is 11.5 Å². The lowest BCUT2D eigenvalue weighted by atomic mass is 10.2. The molecule has 3 aromatic rings. The average Bonchev–Trinajstić information content (AvgIpc) is 2.76. The van der Waals surface area contributed by atoms with Gasteiger partial charge in [0.05, 0.1) is 12.0 Å². The summed E-state index contributed by atoms with van der Waals surface area (Å²) in [5, 5.41) is 10.1. The summed E-state index contributed by atoms with van der Waals surface area (Å²) in [5.41, 5.74) is 2.33. The van der Waals surface area contributed by atoms with Crippen LogP contribution in [0.15, 0.2) is 76.5 Å². The number of rotatable bonds is 7. The third-order valence-electron chi connectivity index (χ3n) is 4.50. The van der Waals surface area contributed by atoms with E-state index in [-0.39, 0.29) is 16.4 Å². The normalized spacial score (nSPS) is 11.6. The molecule has 0 bridgehead atoms. The third kappa shape index (κ3) is 5.46. The minimum absolute atomic E-state index is 0.0688. The smallest absolute Gasteiger partial charge is 0.216 e. The highest BCUT2D eigenvalue weighted by Gasteiger charge is 2.21. The van der Waals surface area contributed by atoms with E-state index in [0.717, 1.165) is 11.1 Å². The lowest BCUT2D eigenvalue weighted by Gasteiger charge is -2.12. The van der Waals surface area contributed by atoms with E-state index in [1.165, 1.54) is 25.3 Å². The fourth-order valence-electron chi connectivity index (χ4n) is 2.85. The second kappa shape index (κ2) is 9.69. The van der Waals surface area contributed by atoms with E-state index in [1.807, 2.05) is 19.1 Å². The number of nitrogens with zero attached hydrogens (tertiary/aromatic N) is 1. The van der Waals surface area contributed by atoms with Crippen LogP contribution in [0.2, 0.25) is 5.02 Å². The SMILES string of the molecule is COc1cc(C=C(C#N)S(=O)(=O)c2ccc(C)cc2)ccc1OCc1cccc(Cl)c1. The van der Waals surface area contributed by atoms with E-state index < -0.39 is 9.84 Å². The molecular formula is C24H20ClNO4S. The first kappa shape index (κ1) is 22.4. The lowest BCUT2D eigenvalue weighted by Crippen LogP contribution is -2.03. The molecule has 0 aromatic heterocycles. The van der Waals surface area contributed by atoms with Gasteiger partial charge in [-0.1, -0.05) is 47.5 Å². The molecule has 0 spiro atoms. The van der Waals surface area contributed by atoms with Gasteiger partial charge in [0.2, 0.25) is 9.84 Å². The number of methoxy groups -OCH3 is 1. The van der Waals surface area contributed by atoms with Gasteiger partial charge in [-0.25, -0.2) is 8.42 Å². The molecule has 0 saturated heterocycles. The summed E-state index contributed by atoms with van der Waals surface area (Å²) in [6.45, 7) is 2.15. The first-order valence-electron chi connectivity index (χ1n) is 9.32. The van der Waals surface area contributed by atoms with Crippen LogP contribution in [0, 0.1) is 18.3 Å². The Labute approximate surface area is 187 Å².